The van der Waals surface area contributed by atoms with E-state index in [1.807, 2.05) is 0 Å². The Balaban J connectivity index is 0.967. The molecule has 1 N–H and O–H groups in total. The second-order valence-electron chi connectivity index (χ2n) is 17.2. The van der Waals surface area contributed by atoms with E-state index in [1.54, 1.807) is 11.1 Å². The maximum absolute atomic E-state index is 5.19. The number of fused-ring (bicyclic) bond motifs is 5. The van der Waals surface area contributed by atoms with Crippen LogP contribution in [0.3, 0.4) is 0 Å². The largest absolute Gasteiger partial charge is 0.325 e. The Morgan fingerprint density at radius 3 is 2.28 bits per heavy atom. The summed E-state index contributed by atoms with van der Waals surface area (Å²) in [5.41, 5.74) is 18.0. The van der Waals surface area contributed by atoms with Crippen molar-refractivity contribution in [1.82, 2.24) is 5.32 Å². The quantitative estimate of drug-likeness (QED) is 0.282. The topological polar surface area (TPSA) is 36.8 Å². The fourth-order valence-electron chi connectivity index (χ4n) is 10.3. The van der Waals surface area contributed by atoms with Gasteiger partial charge in [0, 0.05) is 16.9 Å². The summed E-state index contributed by atoms with van der Waals surface area (Å²) in [4.78, 5) is 10.3. The molecule has 3 nitrogen and oxygen atoms in total. The van der Waals surface area contributed by atoms with E-state index in [1.165, 1.54) is 55.7 Å². The number of rotatable bonds is 5. The van der Waals surface area contributed by atoms with Gasteiger partial charge in [0.2, 0.25) is 0 Å². The molecule has 0 amide bonds. The fourth-order valence-corrected chi connectivity index (χ4v) is 10.3. The Kier molecular flexibility index (Phi) is 7.80. The van der Waals surface area contributed by atoms with Crippen LogP contribution >= 0.6 is 0 Å². The summed E-state index contributed by atoms with van der Waals surface area (Å²) < 4.78 is 0. The number of aliphatic imine (C=N–C) groups is 2. The van der Waals surface area contributed by atoms with Crippen molar-refractivity contribution in [3.05, 3.63) is 183 Å². The number of hydrogen-bond acceptors (Lipinski definition) is 3. The summed E-state index contributed by atoms with van der Waals surface area (Å²) in [6.45, 7) is 9.81. The van der Waals surface area contributed by atoms with Gasteiger partial charge < -0.3 is 5.32 Å². The average Bonchev–Trinajstić information content (AvgIpc) is 3.59. The normalized spacial score (nSPS) is 25.8. The minimum absolute atomic E-state index is 0.0181. The predicted octanol–water partition coefficient (Wildman–Crippen LogP) is 12.1. The number of benzene rings is 3. The van der Waals surface area contributed by atoms with E-state index < -0.39 is 0 Å². The van der Waals surface area contributed by atoms with Gasteiger partial charge in [-0.3, -0.25) is 0 Å². The van der Waals surface area contributed by atoms with E-state index >= 15 is 0 Å². The SMILES string of the molecule is CC1(C)C2=CC3C(C=C2C2=C1C=C(c1cccc(-c4cccc(C5=NC(C6=CCCC=C6)N=C(C6=CC=CCC6)N5)c4)c1)CC2)c1ccccc1C3(C)C. The zero-order valence-electron chi connectivity index (χ0n) is 32.0. The van der Waals surface area contributed by atoms with Crippen LogP contribution in [-0.2, 0) is 5.41 Å². The lowest BCUT2D eigenvalue weighted by molar-refractivity contribution is 0.385. The maximum Gasteiger partial charge on any atom is 0.169 e. The van der Waals surface area contributed by atoms with Crippen molar-refractivity contribution < 1.29 is 0 Å². The monoisotopic (exact) mass is 703 g/mol. The highest BCUT2D eigenvalue weighted by Crippen LogP contribution is 2.62. The van der Waals surface area contributed by atoms with Crippen LogP contribution in [0.15, 0.2) is 171 Å². The Labute approximate surface area is 320 Å². The molecule has 0 aromatic heterocycles. The molecular formula is C51H49N3. The van der Waals surface area contributed by atoms with Crippen molar-refractivity contribution in [3.8, 4) is 11.1 Å². The van der Waals surface area contributed by atoms with Gasteiger partial charge in [0.1, 0.15) is 11.7 Å². The van der Waals surface area contributed by atoms with E-state index in [4.69, 9.17) is 9.98 Å². The van der Waals surface area contributed by atoms with Crippen molar-refractivity contribution in [2.45, 2.75) is 83.7 Å². The summed E-state index contributed by atoms with van der Waals surface area (Å²) in [6.07, 6.45) is 27.2. The van der Waals surface area contributed by atoms with Crippen molar-refractivity contribution in [2.75, 3.05) is 0 Å². The molecule has 3 heteroatoms. The molecule has 3 atom stereocenters. The van der Waals surface area contributed by atoms with Crippen LogP contribution in [0.4, 0.5) is 0 Å². The molecule has 0 fully saturated rings. The highest BCUT2D eigenvalue weighted by Gasteiger charge is 2.50. The molecule has 0 bridgehead atoms. The maximum atomic E-state index is 5.19. The molecule has 6 aliphatic carbocycles. The van der Waals surface area contributed by atoms with Gasteiger partial charge in [-0.25, -0.2) is 9.98 Å². The minimum Gasteiger partial charge on any atom is -0.325 e. The van der Waals surface area contributed by atoms with Crippen molar-refractivity contribution in [1.29, 1.82) is 0 Å². The second kappa shape index (κ2) is 12.7. The number of nitrogens with one attached hydrogen (secondary N) is 1. The standard InChI is InChI=1S/C51H49N3/c1-50(2)43-24-12-11-23-39(43)41-30-42-40-26-25-37(29-44(40)51(3,4)46(42)31-45(41)50)35-20-13-19-34(27-35)36-21-14-22-38(28-36)49-53-47(32-15-7-5-8-16-32)52-48(54-49)33-17-9-6-10-18-33/h5,7,9,11-15,17-24,27-31,41,45,48H,6,8,10,16,25-26H2,1-4H3,(H,52,53,54). The van der Waals surface area contributed by atoms with Gasteiger partial charge in [-0.1, -0.05) is 143 Å². The predicted molar refractivity (Wildman–Crippen MR) is 226 cm³/mol. The number of allylic oxidation sites excluding steroid dienone is 13. The van der Waals surface area contributed by atoms with Crippen LogP contribution < -0.4 is 5.32 Å². The van der Waals surface area contributed by atoms with Crippen molar-refractivity contribution in [3.63, 3.8) is 0 Å². The lowest BCUT2D eigenvalue weighted by Gasteiger charge is -2.34. The molecule has 54 heavy (non-hydrogen) atoms. The van der Waals surface area contributed by atoms with E-state index in [2.05, 4.69) is 160 Å². The average molecular weight is 704 g/mol. The van der Waals surface area contributed by atoms with Gasteiger partial charge >= 0.3 is 0 Å². The summed E-state index contributed by atoms with van der Waals surface area (Å²) in [5, 5.41) is 3.65. The van der Waals surface area contributed by atoms with Gasteiger partial charge in [-0.15, -0.1) is 0 Å². The Bertz CT molecular complexity index is 2430. The first-order valence-corrected chi connectivity index (χ1v) is 20.1. The number of hydrogen-bond donors (Lipinski definition) is 1. The van der Waals surface area contributed by atoms with E-state index in [-0.39, 0.29) is 17.0 Å². The molecule has 1 heterocycles. The third-order valence-electron chi connectivity index (χ3n) is 13.3. The molecule has 0 saturated heterocycles. The Hall–Kier alpha value is -5.28. The smallest absolute Gasteiger partial charge is 0.169 e. The highest BCUT2D eigenvalue weighted by molar-refractivity contribution is 6.16. The van der Waals surface area contributed by atoms with Crippen molar-refractivity contribution >= 4 is 17.2 Å². The van der Waals surface area contributed by atoms with Gasteiger partial charge in [-0.05, 0) is 129 Å². The van der Waals surface area contributed by atoms with Crippen LogP contribution in [0.2, 0.25) is 0 Å². The zero-order valence-corrected chi connectivity index (χ0v) is 32.0. The van der Waals surface area contributed by atoms with E-state index in [9.17, 15) is 0 Å². The fraction of sp³-hybridized carbons (Fsp3) is 0.294. The molecule has 0 spiro atoms. The van der Waals surface area contributed by atoms with Crippen LogP contribution in [0.1, 0.15) is 94.4 Å². The minimum atomic E-state index is -0.235. The van der Waals surface area contributed by atoms with E-state index in [0.717, 1.165) is 55.8 Å². The number of amidine groups is 2. The molecule has 0 radical (unpaired) electrons. The molecule has 7 aliphatic rings. The summed E-state index contributed by atoms with van der Waals surface area (Å²) >= 11 is 0. The van der Waals surface area contributed by atoms with Crippen LogP contribution in [-0.4, -0.2) is 17.8 Å². The van der Waals surface area contributed by atoms with Gasteiger partial charge in [-0.2, -0.15) is 0 Å². The summed E-state index contributed by atoms with van der Waals surface area (Å²) in [6, 6.07) is 27.2. The first kappa shape index (κ1) is 33.3. The third kappa shape index (κ3) is 5.38. The van der Waals surface area contributed by atoms with Gasteiger partial charge in [0.25, 0.3) is 0 Å². The zero-order chi connectivity index (χ0) is 36.6. The third-order valence-corrected chi connectivity index (χ3v) is 13.3. The van der Waals surface area contributed by atoms with Crippen LogP contribution in [0.5, 0.6) is 0 Å². The number of nitrogens with zero attached hydrogens (tertiary/aromatic N) is 2. The Morgan fingerprint density at radius 2 is 1.48 bits per heavy atom. The van der Waals surface area contributed by atoms with Crippen molar-refractivity contribution in [2.24, 2.45) is 21.3 Å². The lowest BCUT2D eigenvalue weighted by atomic mass is 9.69. The molecule has 0 saturated carbocycles. The molecule has 268 valence electrons. The van der Waals surface area contributed by atoms with Gasteiger partial charge in [0.05, 0.1) is 0 Å². The highest BCUT2D eigenvalue weighted by atomic mass is 15.2. The molecule has 1 aliphatic heterocycles. The first-order chi connectivity index (χ1) is 26.3. The molecule has 10 rings (SSSR count). The molecule has 3 aromatic carbocycles. The second-order valence-corrected chi connectivity index (χ2v) is 17.2. The van der Waals surface area contributed by atoms with Crippen LogP contribution in [0, 0.1) is 11.3 Å². The molecular weight excluding hydrogens is 655 g/mol. The summed E-state index contributed by atoms with van der Waals surface area (Å²) in [5.74, 6) is 2.78. The Morgan fingerprint density at radius 1 is 0.704 bits per heavy atom. The van der Waals surface area contributed by atoms with Crippen LogP contribution in [0.25, 0.3) is 16.7 Å². The lowest BCUT2D eigenvalue weighted by Crippen LogP contribution is -2.38. The van der Waals surface area contributed by atoms with E-state index in [0.29, 0.717) is 11.8 Å². The van der Waals surface area contributed by atoms with Gasteiger partial charge in [0.15, 0.2) is 6.17 Å². The first-order valence-electron chi connectivity index (χ1n) is 20.1. The summed E-state index contributed by atoms with van der Waals surface area (Å²) in [7, 11) is 0. The molecule has 3 unspecified atom stereocenters. The molecule has 3 aromatic rings.